The summed E-state index contributed by atoms with van der Waals surface area (Å²) in [5, 5.41) is 7.89. The minimum atomic E-state index is 0.370. The van der Waals surface area contributed by atoms with E-state index in [1.807, 2.05) is 4.68 Å². The van der Waals surface area contributed by atoms with Gasteiger partial charge in [-0.05, 0) is 13.8 Å². The first-order chi connectivity index (χ1) is 8.01. The Morgan fingerprint density at radius 2 is 2.00 bits per heavy atom. The van der Waals surface area contributed by atoms with E-state index in [1.54, 1.807) is 13.3 Å². The summed E-state index contributed by atoms with van der Waals surface area (Å²) < 4.78 is 7.41. The molecule has 0 amide bonds. The molecule has 1 aromatic heterocycles. The quantitative estimate of drug-likeness (QED) is 0.828. The maximum Gasteiger partial charge on any atom is 0.160 e. The van der Waals surface area contributed by atoms with Gasteiger partial charge in [0.1, 0.15) is 0 Å². The normalized spacial score (nSPS) is 15.0. The van der Waals surface area contributed by atoms with E-state index in [4.69, 9.17) is 4.74 Å². The zero-order valence-corrected chi connectivity index (χ0v) is 11.8. The lowest BCUT2D eigenvalue weighted by molar-refractivity contribution is 0.380. The van der Waals surface area contributed by atoms with Crippen LogP contribution in [0.3, 0.4) is 0 Å². The molecule has 4 nitrogen and oxygen atoms in total. The summed E-state index contributed by atoms with van der Waals surface area (Å²) in [6, 6.07) is 0.877. The summed E-state index contributed by atoms with van der Waals surface area (Å²) >= 11 is 0. The second kappa shape index (κ2) is 6.05. The number of rotatable bonds is 6. The molecule has 0 saturated heterocycles. The van der Waals surface area contributed by atoms with Crippen LogP contribution in [0.4, 0.5) is 0 Å². The molecule has 98 valence electrons. The van der Waals surface area contributed by atoms with E-state index >= 15 is 0 Å². The van der Waals surface area contributed by atoms with E-state index in [0.717, 1.165) is 12.3 Å². The molecule has 0 bridgehead atoms. The van der Waals surface area contributed by atoms with Gasteiger partial charge in [-0.25, -0.2) is 0 Å². The van der Waals surface area contributed by atoms with Crippen molar-refractivity contribution in [2.75, 3.05) is 7.11 Å². The summed E-state index contributed by atoms with van der Waals surface area (Å²) in [5.74, 6) is 1.26. The van der Waals surface area contributed by atoms with Crippen molar-refractivity contribution < 1.29 is 4.74 Å². The average Bonchev–Trinajstić information content (AvgIpc) is 2.69. The first kappa shape index (κ1) is 14.0. The van der Waals surface area contributed by atoms with Crippen molar-refractivity contribution in [3.63, 3.8) is 0 Å². The van der Waals surface area contributed by atoms with Gasteiger partial charge in [0, 0.05) is 24.5 Å². The van der Waals surface area contributed by atoms with Crippen molar-refractivity contribution in [2.24, 2.45) is 0 Å². The highest BCUT2D eigenvalue weighted by Gasteiger charge is 2.22. The number of aromatic nitrogens is 2. The number of ether oxygens (including phenoxy) is 1. The second-order valence-electron chi connectivity index (χ2n) is 4.81. The van der Waals surface area contributed by atoms with Gasteiger partial charge in [-0.15, -0.1) is 0 Å². The molecule has 0 fully saturated rings. The first-order valence-electron chi connectivity index (χ1n) is 6.36. The predicted octanol–water partition coefficient (Wildman–Crippen LogP) is 2.40. The van der Waals surface area contributed by atoms with Crippen molar-refractivity contribution in [2.45, 2.75) is 59.2 Å². The van der Waals surface area contributed by atoms with E-state index in [0.29, 0.717) is 18.0 Å². The molecule has 4 heteroatoms. The number of hydrogen-bond acceptors (Lipinski definition) is 3. The smallest absolute Gasteiger partial charge is 0.160 e. The number of nitrogens with one attached hydrogen (secondary N) is 1. The van der Waals surface area contributed by atoms with E-state index in [2.05, 4.69) is 45.0 Å². The molecule has 2 atom stereocenters. The SMILES string of the molecule is CCn1ncc(OC)c1C(C)C(C)NC(C)C. The van der Waals surface area contributed by atoms with Gasteiger partial charge in [-0.3, -0.25) is 4.68 Å². The first-order valence-corrected chi connectivity index (χ1v) is 6.36. The Hall–Kier alpha value is -1.03. The van der Waals surface area contributed by atoms with Crippen LogP contribution in [0.2, 0.25) is 0 Å². The van der Waals surface area contributed by atoms with Gasteiger partial charge >= 0.3 is 0 Å². The van der Waals surface area contributed by atoms with Gasteiger partial charge in [0.15, 0.2) is 5.75 Å². The molecule has 1 aromatic rings. The van der Waals surface area contributed by atoms with Crippen molar-refractivity contribution in [1.29, 1.82) is 0 Å². The van der Waals surface area contributed by atoms with Gasteiger partial charge < -0.3 is 10.1 Å². The van der Waals surface area contributed by atoms with Crippen LogP contribution in [0.5, 0.6) is 5.75 Å². The third kappa shape index (κ3) is 3.22. The fourth-order valence-electron chi connectivity index (χ4n) is 2.15. The van der Waals surface area contributed by atoms with Crippen LogP contribution in [0, 0.1) is 0 Å². The Bertz CT molecular complexity index is 325. The monoisotopic (exact) mass is 239 g/mol. The lowest BCUT2D eigenvalue weighted by Crippen LogP contribution is -2.36. The van der Waals surface area contributed by atoms with Crippen LogP contribution in [-0.2, 0) is 6.54 Å². The van der Waals surface area contributed by atoms with Gasteiger partial charge in [0.25, 0.3) is 0 Å². The molecule has 1 N–H and O–H groups in total. The molecule has 0 radical (unpaired) electrons. The van der Waals surface area contributed by atoms with Gasteiger partial charge in [-0.2, -0.15) is 5.10 Å². The number of methoxy groups -OCH3 is 1. The highest BCUT2D eigenvalue weighted by Crippen LogP contribution is 2.28. The maximum atomic E-state index is 5.39. The Morgan fingerprint density at radius 1 is 1.35 bits per heavy atom. The topological polar surface area (TPSA) is 39.1 Å². The van der Waals surface area contributed by atoms with Crippen molar-refractivity contribution in [3.05, 3.63) is 11.9 Å². The highest BCUT2D eigenvalue weighted by molar-refractivity contribution is 5.29. The summed E-state index contributed by atoms with van der Waals surface area (Å²) in [6.45, 7) is 11.7. The fraction of sp³-hybridized carbons (Fsp3) is 0.769. The number of aryl methyl sites for hydroxylation is 1. The average molecular weight is 239 g/mol. The van der Waals surface area contributed by atoms with Gasteiger partial charge in [-0.1, -0.05) is 20.8 Å². The molecule has 0 aliphatic heterocycles. The summed E-state index contributed by atoms with van der Waals surface area (Å²) in [6.07, 6.45) is 1.80. The largest absolute Gasteiger partial charge is 0.493 e. The van der Waals surface area contributed by atoms with Crippen molar-refractivity contribution >= 4 is 0 Å². The van der Waals surface area contributed by atoms with Crippen LogP contribution in [-0.4, -0.2) is 29.0 Å². The lowest BCUT2D eigenvalue weighted by Gasteiger charge is -2.24. The molecule has 0 saturated carbocycles. The molecular weight excluding hydrogens is 214 g/mol. The molecule has 1 heterocycles. The van der Waals surface area contributed by atoms with Crippen LogP contribution < -0.4 is 10.1 Å². The zero-order chi connectivity index (χ0) is 13.0. The Morgan fingerprint density at radius 3 is 2.47 bits per heavy atom. The second-order valence-corrected chi connectivity index (χ2v) is 4.81. The molecule has 0 spiro atoms. The molecule has 0 aliphatic rings. The third-order valence-corrected chi connectivity index (χ3v) is 3.14. The van der Waals surface area contributed by atoms with Crippen molar-refractivity contribution in [3.8, 4) is 5.75 Å². The van der Waals surface area contributed by atoms with E-state index in [1.165, 1.54) is 5.69 Å². The Balaban J connectivity index is 2.93. The molecule has 2 unspecified atom stereocenters. The molecule has 0 aromatic carbocycles. The van der Waals surface area contributed by atoms with E-state index in [-0.39, 0.29) is 0 Å². The molecule has 0 aliphatic carbocycles. The van der Waals surface area contributed by atoms with E-state index in [9.17, 15) is 0 Å². The zero-order valence-electron chi connectivity index (χ0n) is 11.8. The number of nitrogens with zero attached hydrogens (tertiary/aromatic N) is 2. The minimum Gasteiger partial charge on any atom is -0.493 e. The van der Waals surface area contributed by atoms with Crippen LogP contribution >= 0.6 is 0 Å². The van der Waals surface area contributed by atoms with E-state index < -0.39 is 0 Å². The maximum absolute atomic E-state index is 5.39. The fourth-order valence-corrected chi connectivity index (χ4v) is 2.15. The van der Waals surface area contributed by atoms with Gasteiger partial charge in [0.2, 0.25) is 0 Å². The van der Waals surface area contributed by atoms with Crippen LogP contribution in [0.15, 0.2) is 6.20 Å². The van der Waals surface area contributed by atoms with Gasteiger partial charge in [0.05, 0.1) is 19.0 Å². The summed E-state index contributed by atoms with van der Waals surface area (Å²) in [7, 11) is 1.70. The highest BCUT2D eigenvalue weighted by atomic mass is 16.5. The standard InChI is InChI=1S/C13H25N3O/c1-7-16-13(12(17-6)8-14-16)10(4)11(5)15-9(2)3/h8-11,15H,7H2,1-6H3. The van der Waals surface area contributed by atoms with Crippen LogP contribution in [0.25, 0.3) is 0 Å². The molecule has 17 heavy (non-hydrogen) atoms. The summed E-state index contributed by atoms with van der Waals surface area (Å²) in [4.78, 5) is 0. The predicted molar refractivity (Wildman–Crippen MR) is 70.6 cm³/mol. The molecular formula is C13H25N3O. The Labute approximate surface area is 104 Å². The summed E-state index contributed by atoms with van der Waals surface area (Å²) in [5.41, 5.74) is 1.18. The number of hydrogen-bond donors (Lipinski definition) is 1. The lowest BCUT2D eigenvalue weighted by atomic mass is 9.98. The Kier molecular flexibility index (Phi) is 5.00. The van der Waals surface area contributed by atoms with Crippen LogP contribution in [0.1, 0.15) is 46.2 Å². The molecule has 1 rings (SSSR count). The third-order valence-electron chi connectivity index (χ3n) is 3.14. The minimum absolute atomic E-state index is 0.370. The van der Waals surface area contributed by atoms with Crippen molar-refractivity contribution in [1.82, 2.24) is 15.1 Å².